The highest BCUT2D eigenvalue weighted by atomic mass is 19.3. The third-order valence-electron chi connectivity index (χ3n) is 3.04. The molecule has 0 aliphatic heterocycles. The van der Waals surface area contributed by atoms with Gasteiger partial charge in [0.2, 0.25) is 0 Å². The van der Waals surface area contributed by atoms with Crippen LogP contribution < -0.4 is 14.9 Å². The molecule has 0 aromatic heterocycles. The van der Waals surface area contributed by atoms with Gasteiger partial charge in [-0.1, -0.05) is 24.3 Å². The Hall–Kier alpha value is -3.03. The summed E-state index contributed by atoms with van der Waals surface area (Å²) < 4.78 is 47.6. The van der Waals surface area contributed by atoms with Crippen LogP contribution in [-0.2, 0) is 4.79 Å². The molecule has 0 fully saturated rings. The zero-order valence-corrected chi connectivity index (χ0v) is 13.2. The number of hydrogen-bond donors (Lipinski definition) is 1. The number of hydrazone groups is 1. The van der Waals surface area contributed by atoms with Crippen LogP contribution in [0.25, 0.3) is 0 Å². The third kappa shape index (κ3) is 5.52. The number of carbonyl (C=O) groups excluding carboxylic acids is 1. The van der Waals surface area contributed by atoms with Crippen LogP contribution >= 0.6 is 0 Å². The lowest BCUT2D eigenvalue weighted by Gasteiger charge is -2.10. The first-order valence-corrected chi connectivity index (χ1v) is 7.22. The first-order chi connectivity index (χ1) is 12.0. The van der Waals surface area contributed by atoms with E-state index >= 15 is 0 Å². The molecule has 0 saturated heterocycles. The highest BCUT2D eigenvalue weighted by molar-refractivity contribution is 6.01. The van der Waals surface area contributed by atoms with Crippen LogP contribution in [0.4, 0.5) is 13.2 Å². The Kier molecular flexibility index (Phi) is 6.39. The molecule has 2 aromatic rings. The SMILES string of the molecule is C/C(=N/NC(=O)COc1ccccc1F)c1ccccc1OC(F)F. The number of rotatable bonds is 7. The Labute approximate surface area is 142 Å². The summed E-state index contributed by atoms with van der Waals surface area (Å²) in [6.07, 6.45) is 0. The predicted octanol–water partition coefficient (Wildman–Crippen LogP) is 3.35. The number of halogens is 3. The monoisotopic (exact) mass is 352 g/mol. The Bertz CT molecular complexity index is 766. The Morgan fingerprint density at radius 1 is 1.12 bits per heavy atom. The molecule has 0 spiro atoms. The minimum absolute atomic E-state index is 0.0596. The van der Waals surface area contributed by atoms with Crippen molar-refractivity contribution < 1.29 is 27.4 Å². The number of benzene rings is 2. The minimum Gasteiger partial charge on any atom is -0.481 e. The lowest BCUT2D eigenvalue weighted by atomic mass is 10.1. The van der Waals surface area contributed by atoms with Gasteiger partial charge in [0.1, 0.15) is 5.75 Å². The molecule has 0 aliphatic carbocycles. The second-order valence-electron chi connectivity index (χ2n) is 4.83. The molecule has 0 saturated carbocycles. The summed E-state index contributed by atoms with van der Waals surface area (Å²) >= 11 is 0. The van der Waals surface area contributed by atoms with Gasteiger partial charge in [0.15, 0.2) is 18.2 Å². The molecule has 2 rings (SSSR count). The second kappa shape index (κ2) is 8.72. The Morgan fingerprint density at radius 3 is 2.44 bits per heavy atom. The second-order valence-corrected chi connectivity index (χ2v) is 4.83. The normalized spacial score (nSPS) is 11.3. The van der Waals surface area contributed by atoms with E-state index in [1.54, 1.807) is 12.1 Å². The molecule has 1 amide bonds. The number of nitrogens with one attached hydrogen (secondary N) is 1. The van der Waals surface area contributed by atoms with Gasteiger partial charge in [0, 0.05) is 5.56 Å². The fourth-order valence-corrected chi connectivity index (χ4v) is 1.91. The maximum absolute atomic E-state index is 13.4. The van der Waals surface area contributed by atoms with Crippen LogP contribution in [0, 0.1) is 5.82 Å². The van der Waals surface area contributed by atoms with Crippen molar-refractivity contribution in [2.75, 3.05) is 6.61 Å². The number of para-hydroxylation sites is 2. The van der Waals surface area contributed by atoms with E-state index in [1.165, 1.54) is 43.3 Å². The molecule has 8 heteroatoms. The van der Waals surface area contributed by atoms with Crippen molar-refractivity contribution in [1.29, 1.82) is 0 Å². The number of carbonyl (C=O) groups is 1. The van der Waals surface area contributed by atoms with Crippen molar-refractivity contribution in [2.24, 2.45) is 5.10 Å². The third-order valence-corrected chi connectivity index (χ3v) is 3.04. The summed E-state index contributed by atoms with van der Waals surface area (Å²) in [5.74, 6) is -1.34. The quantitative estimate of drug-likeness (QED) is 0.614. The van der Waals surface area contributed by atoms with Crippen LogP contribution in [0.1, 0.15) is 12.5 Å². The average Bonchev–Trinajstić information content (AvgIpc) is 2.59. The van der Waals surface area contributed by atoms with E-state index in [0.717, 1.165) is 0 Å². The van der Waals surface area contributed by atoms with Gasteiger partial charge in [-0.2, -0.15) is 13.9 Å². The molecule has 132 valence electrons. The summed E-state index contributed by atoms with van der Waals surface area (Å²) in [6.45, 7) is -1.91. The average molecular weight is 352 g/mol. The summed E-state index contributed by atoms with van der Waals surface area (Å²) in [5, 5.41) is 3.82. The molecule has 0 unspecified atom stereocenters. The molecule has 0 heterocycles. The number of ether oxygens (including phenoxy) is 2. The minimum atomic E-state index is -2.97. The van der Waals surface area contributed by atoms with Crippen molar-refractivity contribution in [2.45, 2.75) is 13.5 Å². The molecule has 0 aliphatic rings. The first-order valence-electron chi connectivity index (χ1n) is 7.22. The zero-order valence-electron chi connectivity index (χ0n) is 13.2. The smallest absolute Gasteiger partial charge is 0.387 e. The highest BCUT2D eigenvalue weighted by Crippen LogP contribution is 2.21. The molecule has 0 atom stereocenters. The molecular weight excluding hydrogens is 337 g/mol. The molecule has 0 radical (unpaired) electrons. The van der Waals surface area contributed by atoms with Crippen molar-refractivity contribution in [1.82, 2.24) is 5.43 Å². The zero-order chi connectivity index (χ0) is 18.2. The van der Waals surface area contributed by atoms with E-state index in [1.807, 2.05) is 0 Å². The number of nitrogens with zero attached hydrogens (tertiary/aromatic N) is 1. The van der Waals surface area contributed by atoms with Crippen molar-refractivity contribution >= 4 is 11.6 Å². The van der Waals surface area contributed by atoms with E-state index in [4.69, 9.17) is 4.74 Å². The number of hydrogen-bond acceptors (Lipinski definition) is 4. The van der Waals surface area contributed by atoms with Gasteiger partial charge < -0.3 is 9.47 Å². The maximum Gasteiger partial charge on any atom is 0.387 e. The number of alkyl halides is 2. The topological polar surface area (TPSA) is 59.9 Å². The number of amides is 1. The van der Waals surface area contributed by atoms with E-state index in [2.05, 4.69) is 15.3 Å². The summed E-state index contributed by atoms with van der Waals surface area (Å²) in [5.41, 5.74) is 2.77. The lowest BCUT2D eigenvalue weighted by molar-refractivity contribution is -0.123. The van der Waals surface area contributed by atoms with E-state index in [-0.39, 0.29) is 17.2 Å². The summed E-state index contributed by atoms with van der Waals surface area (Å²) in [4.78, 5) is 11.7. The molecule has 0 bridgehead atoms. The van der Waals surface area contributed by atoms with Gasteiger partial charge in [0.25, 0.3) is 5.91 Å². The molecule has 5 nitrogen and oxygen atoms in total. The van der Waals surface area contributed by atoms with Gasteiger partial charge in [0.05, 0.1) is 5.71 Å². The van der Waals surface area contributed by atoms with Crippen molar-refractivity contribution in [3.8, 4) is 11.5 Å². The summed E-state index contributed by atoms with van der Waals surface area (Å²) in [7, 11) is 0. The van der Waals surface area contributed by atoms with E-state index < -0.39 is 24.9 Å². The lowest BCUT2D eigenvalue weighted by Crippen LogP contribution is -2.26. The molecular formula is C17H15F3N2O3. The molecule has 1 N–H and O–H groups in total. The largest absolute Gasteiger partial charge is 0.481 e. The van der Waals surface area contributed by atoms with Crippen LogP contribution in [-0.4, -0.2) is 24.8 Å². The van der Waals surface area contributed by atoms with Crippen LogP contribution in [0.5, 0.6) is 11.5 Å². The van der Waals surface area contributed by atoms with Gasteiger partial charge in [-0.3, -0.25) is 4.79 Å². The van der Waals surface area contributed by atoms with E-state index in [9.17, 15) is 18.0 Å². The van der Waals surface area contributed by atoms with Crippen molar-refractivity contribution in [3.63, 3.8) is 0 Å². The highest BCUT2D eigenvalue weighted by Gasteiger charge is 2.12. The van der Waals surface area contributed by atoms with Crippen LogP contribution in [0.15, 0.2) is 53.6 Å². The molecule has 2 aromatic carbocycles. The van der Waals surface area contributed by atoms with Crippen LogP contribution in [0.3, 0.4) is 0 Å². The Balaban J connectivity index is 1.97. The first kappa shape index (κ1) is 18.3. The predicted molar refractivity (Wildman–Crippen MR) is 85.3 cm³/mol. The Morgan fingerprint density at radius 2 is 1.76 bits per heavy atom. The fourth-order valence-electron chi connectivity index (χ4n) is 1.91. The van der Waals surface area contributed by atoms with Gasteiger partial charge in [-0.25, -0.2) is 9.82 Å². The van der Waals surface area contributed by atoms with Gasteiger partial charge >= 0.3 is 6.61 Å². The molecule has 25 heavy (non-hydrogen) atoms. The fraction of sp³-hybridized carbons (Fsp3) is 0.176. The van der Waals surface area contributed by atoms with E-state index in [0.29, 0.717) is 5.56 Å². The maximum atomic E-state index is 13.4. The van der Waals surface area contributed by atoms with Crippen molar-refractivity contribution in [3.05, 3.63) is 59.9 Å². The van der Waals surface area contributed by atoms with Gasteiger partial charge in [-0.15, -0.1) is 0 Å². The summed E-state index contributed by atoms with van der Waals surface area (Å²) in [6, 6.07) is 11.7. The van der Waals surface area contributed by atoms with Gasteiger partial charge in [-0.05, 0) is 31.2 Å². The van der Waals surface area contributed by atoms with Crippen LogP contribution in [0.2, 0.25) is 0 Å². The standard InChI is InChI=1S/C17H15F3N2O3/c1-11(12-6-2-4-8-14(12)25-17(19)20)21-22-16(23)10-24-15-9-5-3-7-13(15)18/h2-9,17H,10H2,1H3,(H,22,23)/b21-11-.